The van der Waals surface area contributed by atoms with E-state index < -0.39 is 12.0 Å². The number of aromatic nitrogens is 1. The van der Waals surface area contributed by atoms with Gasteiger partial charge in [-0.1, -0.05) is 64.2 Å². The van der Waals surface area contributed by atoms with Gasteiger partial charge in [0.05, 0.1) is 28.5 Å². The summed E-state index contributed by atoms with van der Waals surface area (Å²) in [7, 11) is 0. The van der Waals surface area contributed by atoms with Gasteiger partial charge in [-0.05, 0) is 61.7 Å². The lowest BCUT2D eigenvalue weighted by Gasteiger charge is -2.24. The zero-order valence-corrected chi connectivity index (χ0v) is 22.1. The van der Waals surface area contributed by atoms with E-state index in [1.807, 2.05) is 55.5 Å². The molecule has 0 amide bonds. The topological polar surface area (TPSA) is 69.9 Å². The van der Waals surface area contributed by atoms with Crippen LogP contribution in [0, 0.1) is 6.92 Å². The van der Waals surface area contributed by atoms with E-state index in [-0.39, 0.29) is 12.2 Å². The van der Waals surface area contributed by atoms with Gasteiger partial charge in [-0.2, -0.15) is 0 Å². The van der Waals surface area contributed by atoms with Crippen molar-refractivity contribution in [2.24, 2.45) is 4.99 Å². The molecule has 1 aliphatic rings. The number of benzene rings is 2. The number of halogens is 1. The van der Waals surface area contributed by atoms with Crippen LogP contribution in [0.4, 0.5) is 0 Å². The van der Waals surface area contributed by atoms with Crippen LogP contribution < -0.4 is 19.6 Å². The van der Waals surface area contributed by atoms with E-state index in [1.54, 1.807) is 24.5 Å². The van der Waals surface area contributed by atoms with Crippen molar-refractivity contribution in [2.45, 2.75) is 26.8 Å². The molecule has 0 unspecified atom stereocenters. The summed E-state index contributed by atoms with van der Waals surface area (Å²) in [6.45, 7) is 9.81. The third-order valence-electron chi connectivity index (χ3n) is 5.57. The molecule has 0 saturated carbocycles. The minimum Gasteiger partial charge on any atom is -0.490 e. The molecule has 0 spiro atoms. The van der Waals surface area contributed by atoms with Crippen LogP contribution in [0.3, 0.4) is 0 Å². The van der Waals surface area contributed by atoms with Gasteiger partial charge in [-0.25, -0.2) is 9.79 Å². The standard InChI is InChI=1S/C27H25BrN2O4S/c1-5-13-34-20-11-9-19(10-12-20)24-23(26(32)33-6-2)17(4)29-27-30(24)25(31)22(35-27)15-18-8-7-16(3)21(28)14-18/h5,7-12,14-15,24H,1,6,13H2,2-4H3/b22-15-/t24-/m1/s1. The number of rotatable bonds is 7. The van der Waals surface area contributed by atoms with E-state index in [9.17, 15) is 9.59 Å². The lowest BCUT2D eigenvalue weighted by atomic mass is 9.96. The lowest BCUT2D eigenvalue weighted by Crippen LogP contribution is -2.39. The van der Waals surface area contributed by atoms with Crippen molar-refractivity contribution in [3.8, 4) is 5.75 Å². The van der Waals surface area contributed by atoms with Crippen LogP contribution in [0.2, 0.25) is 0 Å². The number of thiazole rings is 1. The van der Waals surface area contributed by atoms with Gasteiger partial charge in [-0.3, -0.25) is 9.36 Å². The molecule has 1 aromatic heterocycles. The van der Waals surface area contributed by atoms with Gasteiger partial charge in [0.15, 0.2) is 4.80 Å². The van der Waals surface area contributed by atoms with Crippen molar-refractivity contribution in [1.29, 1.82) is 0 Å². The number of carbonyl (C=O) groups is 1. The molecule has 4 rings (SSSR count). The maximum Gasteiger partial charge on any atom is 0.338 e. The Morgan fingerprint density at radius 2 is 1.97 bits per heavy atom. The highest BCUT2D eigenvalue weighted by Gasteiger charge is 2.33. The Hall–Kier alpha value is -3.23. The highest BCUT2D eigenvalue weighted by molar-refractivity contribution is 9.10. The average Bonchev–Trinajstić information content (AvgIpc) is 3.14. The van der Waals surface area contributed by atoms with Gasteiger partial charge in [0, 0.05) is 4.47 Å². The molecular formula is C27H25BrN2O4S. The molecule has 1 atom stereocenters. The van der Waals surface area contributed by atoms with Crippen molar-refractivity contribution >= 4 is 39.3 Å². The maximum absolute atomic E-state index is 13.7. The highest BCUT2D eigenvalue weighted by atomic mass is 79.9. The SMILES string of the molecule is C=CCOc1ccc([C@@H]2C(C(=O)OCC)=C(C)N=c3s/c(=C\c4ccc(C)c(Br)c4)c(=O)n32)cc1. The van der Waals surface area contributed by atoms with Crippen molar-refractivity contribution in [3.05, 3.63) is 107 Å². The number of aryl methyl sites for hydroxylation is 1. The number of ether oxygens (including phenoxy) is 2. The van der Waals surface area contributed by atoms with Crippen LogP contribution in [0.5, 0.6) is 5.75 Å². The van der Waals surface area contributed by atoms with Gasteiger partial charge in [0.25, 0.3) is 5.56 Å². The molecule has 0 radical (unpaired) electrons. The van der Waals surface area contributed by atoms with Crippen molar-refractivity contribution < 1.29 is 14.3 Å². The van der Waals surface area contributed by atoms with Crippen LogP contribution in [0.1, 0.15) is 36.6 Å². The van der Waals surface area contributed by atoms with Crippen LogP contribution in [-0.4, -0.2) is 23.8 Å². The Balaban J connectivity index is 1.89. The van der Waals surface area contributed by atoms with Crippen molar-refractivity contribution in [2.75, 3.05) is 13.2 Å². The monoisotopic (exact) mass is 552 g/mol. The van der Waals surface area contributed by atoms with Gasteiger partial charge in [-0.15, -0.1) is 0 Å². The molecule has 2 heterocycles. The third kappa shape index (κ3) is 5.09. The predicted molar refractivity (Wildman–Crippen MR) is 141 cm³/mol. The smallest absolute Gasteiger partial charge is 0.338 e. The number of fused-ring (bicyclic) bond motifs is 1. The lowest BCUT2D eigenvalue weighted by molar-refractivity contribution is -0.139. The van der Waals surface area contributed by atoms with Crippen LogP contribution in [0.15, 0.2) is 80.6 Å². The molecule has 0 fully saturated rings. The number of esters is 1. The van der Waals surface area contributed by atoms with Crippen molar-refractivity contribution in [1.82, 2.24) is 4.57 Å². The largest absolute Gasteiger partial charge is 0.490 e. The second-order valence-electron chi connectivity index (χ2n) is 7.98. The van der Waals surface area contributed by atoms with Crippen LogP contribution in [-0.2, 0) is 9.53 Å². The molecule has 3 aromatic rings. The molecule has 0 saturated heterocycles. The average molecular weight is 553 g/mol. The van der Waals surface area contributed by atoms with Gasteiger partial charge < -0.3 is 9.47 Å². The summed E-state index contributed by atoms with van der Waals surface area (Å²) in [5, 5.41) is 0. The van der Waals surface area contributed by atoms with Crippen molar-refractivity contribution in [3.63, 3.8) is 0 Å². The minimum absolute atomic E-state index is 0.211. The molecule has 0 N–H and O–H groups in total. The summed E-state index contributed by atoms with van der Waals surface area (Å²) in [5.74, 6) is 0.187. The van der Waals surface area contributed by atoms with Gasteiger partial charge >= 0.3 is 5.97 Å². The summed E-state index contributed by atoms with van der Waals surface area (Å²) in [6.07, 6.45) is 3.52. The summed E-state index contributed by atoms with van der Waals surface area (Å²) < 4.78 is 14.0. The molecule has 35 heavy (non-hydrogen) atoms. The van der Waals surface area contributed by atoms with E-state index in [0.29, 0.717) is 33.0 Å². The fourth-order valence-corrected chi connectivity index (χ4v) is 5.30. The van der Waals surface area contributed by atoms with Crippen LogP contribution in [0.25, 0.3) is 6.08 Å². The summed E-state index contributed by atoms with van der Waals surface area (Å²) in [4.78, 5) is 31.8. The number of hydrogen-bond acceptors (Lipinski definition) is 6. The predicted octanol–water partition coefficient (Wildman–Crippen LogP) is 4.43. The number of carbonyl (C=O) groups excluding carboxylic acids is 1. The first-order valence-electron chi connectivity index (χ1n) is 11.1. The first kappa shape index (κ1) is 24.9. The second kappa shape index (κ2) is 10.6. The zero-order valence-electron chi connectivity index (χ0n) is 19.7. The Kier molecular flexibility index (Phi) is 7.52. The van der Waals surface area contributed by atoms with E-state index in [0.717, 1.165) is 21.2 Å². The molecule has 1 aliphatic heterocycles. The zero-order chi connectivity index (χ0) is 25.1. The molecule has 180 valence electrons. The number of nitrogens with zero attached hydrogens (tertiary/aromatic N) is 2. The molecule has 2 aromatic carbocycles. The Morgan fingerprint density at radius 3 is 2.63 bits per heavy atom. The number of allylic oxidation sites excluding steroid dienone is 1. The van der Waals surface area contributed by atoms with E-state index >= 15 is 0 Å². The van der Waals surface area contributed by atoms with Gasteiger partial charge in [0.1, 0.15) is 12.4 Å². The minimum atomic E-state index is -0.661. The Morgan fingerprint density at radius 1 is 1.23 bits per heavy atom. The first-order chi connectivity index (χ1) is 16.8. The van der Waals surface area contributed by atoms with E-state index in [1.165, 1.54) is 11.3 Å². The molecule has 0 bridgehead atoms. The van der Waals surface area contributed by atoms with Crippen LogP contribution >= 0.6 is 27.3 Å². The Bertz CT molecular complexity index is 1500. The summed E-state index contributed by atoms with van der Waals surface area (Å²) in [5.41, 5.74) is 3.44. The molecular weight excluding hydrogens is 528 g/mol. The summed E-state index contributed by atoms with van der Waals surface area (Å²) in [6, 6.07) is 12.6. The Labute approximate surface area is 215 Å². The quantitative estimate of drug-likeness (QED) is 0.321. The molecule has 8 heteroatoms. The molecule has 6 nitrogen and oxygen atoms in total. The normalized spacial score (nSPS) is 15.4. The summed E-state index contributed by atoms with van der Waals surface area (Å²) >= 11 is 4.85. The maximum atomic E-state index is 13.7. The third-order valence-corrected chi connectivity index (χ3v) is 7.41. The fraction of sp³-hybridized carbons (Fsp3) is 0.222. The first-order valence-corrected chi connectivity index (χ1v) is 12.7. The highest BCUT2D eigenvalue weighted by Crippen LogP contribution is 2.31. The van der Waals surface area contributed by atoms with E-state index in [2.05, 4.69) is 27.5 Å². The second-order valence-corrected chi connectivity index (χ2v) is 9.84. The van der Waals surface area contributed by atoms with E-state index in [4.69, 9.17) is 9.47 Å². The fourth-order valence-electron chi connectivity index (χ4n) is 3.86. The number of hydrogen-bond donors (Lipinski definition) is 0. The molecule has 0 aliphatic carbocycles. The van der Waals surface area contributed by atoms with Gasteiger partial charge in [0.2, 0.25) is 0 Å².